The number of carbonyl (C=O) groups excluding carboxylic acids is 1. The molecular weight excluding hydrogens is 204 g/mol. The van der Waals surface area contributed by atoms with Crippen LogP contribution in [0.5, 0.6) is 5.75 Å². The van der Waals surface area contributed by atoms with Crippen molar-refractivity contribution in [3.8, 4) is 5.75 Å². The molecule has 0 amide bonds. The highest BCUT2D eigenvalue weighted by atomic mass is 16.5. The van der Waals surface area contributed by atoms with Gasteiger partial charge in [-0.1, -0.05) is 6.92 Å². The molecule has 0 radical (unpaired) electrons. The number of ether oxygens (including phenoxy) is 1. The highest BCUT2D eigenvalue weighted by Crippen LogP contribution is 2.15. The molecule has 1 unspecified atom stereocenters. The minimum atomic E-state index is -0.906. The maximum atomic E-state index is 11.6. The summed E-state index contributed by atoms with van der Waals surface area (Å²) in [5.74, 6) is 0.496. The fourth-order valence-corrected chi connectivity index (χ4v) is 1.35. The molecule has 1 N–H and O–H groups in total. The van der Waals surface area contributed by atoms with Gasteiger partial charge in [0.1, 0.15) is 11.9 Å². The van der Waals surface area contributed by atoms with Crippen molar-refractivity contribution in [2.45, 2.75) is 39.4 Å². The van der Waals surface area contributed by atoms with E-state index in [9.17, 15) is 9.90 Å². The molecule has 0 aliphatic heterocycles. The molecule has 16 heavy (non-hydrogen) atoms. The monoisotopic (exact) mass is 222 g/mol. The van der Waals surface area contributed by atoms with Crippen molar-refractivity contribution in [2.75, 3.05) is 0 Å². The van der Waals surface area contributed by atoms with Crippen LogP contribution in [0.3, 0.4) is 0 Å². The number of Topliss-reactive ketones (excluding diaryl/α,β-unsaturated/α-hetero) is 1. The first kappa shape index (κ1) is 12.7. The fraction of sp³-hybridized carbons (Fsp3) is 0.462. The number of rotatable bonds is 5. The van der Waals surface area contributed by atoms with Crippen LogP contribution >= 0.6 is 0 Å². The van der Waals surface area contributed by atoms with Crippen LogP contribution in [-0.2, 0) is 0 Å². The van der Waals surface area contributed by atoms with Crippen molar-refractivity contribution in [3.05, 3.63) is 29.8 Å². The smallest absolute Gasteiger partial charge is 0.191 e. The Labute approximate surface area is 96.1 Å². The molecule has 1 rings (SSSR count). The van der Waals surface area contributed by atoms with E-state index in [2.05, 4.69) is 0 Å². The van der Waals surface area contributed by atoms with E-state index < -0.39 is 6.10 Å². The number of benzene rings is 1. The van der Waals surface area contributed by atoms with Gasteiger partial charge in [-0.2, -0.15) is 0 Å². The van der Waals surface area contributed by atoms with Crippen LogP contribution in [0.1, 0.15) is 37.6 Å². The number of hydrogen-bond acceptors (Lipinski definition) is 3. The highest BCUT2D eigenvalue weighted by molar-refractivity contribution is 5.99. The van der Waals surface area contributed by atoms with Crippen molar-refractivity contribution >= 4 is 5.78 Å². The second-order valence-electron chi connectivity index (χ2n) is 3.98. The van der Waals surface area contributed by atoms with E-state index in [4.69, 9.17) is 4.74 Å². The summed E-state index contributed by atoms with van der Waals surface area (Å²) >= 11 is 0. The minimum Gasteiger partial charge on any atom is -0.491 e. The van der Waals surface area contributed by atoms with Gasteiger partial charge < -0.3 is 9.84 Å². The number of hydrogen-bond donors (Lipinski definition) is 1. The summed E-state index contributed by atoms with van der Waals surface area (Å²) < 4.78 is 5.46. The molecular formula is C13H18O3. The molecule has 0 heterocycles. The van der Waals surface area contributed by atoms with E-state index in [1.165, 1.54) is 0 Å². The van der Waals surface area contributed by atoms with Crippen LogP contribution in [0.25, 0.3) is 0 Å². The lowest BCUT2D eigenvalue weighted by Crippen LogP contribution is -2.19. The van der Waals surface area contributed by atoms with Crippen LogP contribution in [-0.4, -0.2) is 23.1 Å². The standard InChI is InChI=1S/C13H18O3/c1-4-12(14)13(15)10-5-7-11(8-6-10)16-9(2)3/h5-9,12,14H,4H2,1-3H3. The van der Waals surface area contributed by atoms with Crippen molar-refractivity contribution in [2.24, 2.45) is 0 Å². The predicted molar refractivity (Wildman–Crippen MR) is 62.8 cm³/mol. The van der Waals surface area contributed by atoms with Crippen molar-refractivity contribution in [1.29, 1.82) is 0 Å². The Morgan fingerprint density at radius 2 is 1.88 bits per heavy atom. The molecule has 0 aliphatic rings. The van der Waals surface area contributed by atoms with Gasteiger partial charge in [-0.25, -0.2) is 0 Å². The zero-order valence-electron chi connectivity index (χ0n) is 9.93. The Kier molecular flexibility index (Phi) is 4.50. The highest BCUT2D eigenvalue weighted by Gasteiger charge is 2.14. The normalized spacial score (nSPS) is 12.6. The van der Waals surface area contributed by atoms with Gasteiger partial charge in [-0.15, -0.1) is 0 Å². The third-order valence-corrected chi connectivity index (χ3v) is 2.20. The van der Waals surface area contributed by atoms with E-state index in [0.29, 0.717) is 12.0 Å². The van der Waals surface area contributed by atoms with Gasteiger partial charge in [0.15, 0.2) is 5.78 Å². The molecule has 0 spiro atoms. The van der Waals surface area contributed by atoms with Gasteiger partial charge >= 0.3 is 0 Å². The fourth-order valence-electron chi connectivity index (χ4n) is 1.35. The molecule has 0 fully saturated rings. The lowest BCUT2D eigenvalue weighted by atomic mass is 10.0. The first-order valence-corrected chi connectivity index (χ1v) is 5.53. The second kappa shape index (κ2) is 5.66. The summed E-state index contributed by atoms with van der Waals surface area (Å²) in [7, 11) is 0. The minimum absolute atomic E-state index is 0.114. The van der Waals surface area contributed by atoms with Gasteiger partial charge in [0, 0.05) is 5.56 Å². The maximum Gasteiger partial charge on any atom is 0.191 e. The molecule has 3 nitrogen and oxygen atoms in total. The van der Waals surface area contributed by atoms with E-state index in [1.54, 1.807) is 31.2 Å². The van der Waals surface area contributed by atoms with Crippen molar-refractivity contribution in [3.63, 3.8) is 0 Å². The Bertz CT molecular complexity index is 341. The molecule has 88 valence electrons. The zero-order valence-corrected chi connectivity index (χ0v) is 9.93. The quantitative estimate of drug-likeness (QED) is 0.778. The summed E-state index contributed by atoms with van der Waals surface area (Å²) in [4.78, 5) is 11.6. The lowest BCUT2D eigenvalue weighted by molar-refractivity contribution is 0.0740. The predicted octanol–water partition coefficient (Wildman–Crippen LogP) is 2.43. The average molecular weight is 222 g/mol. The van der Waals surface area contributed by atoms with Crippen LogP contribution < -0.4 is 4.74 Å². The molecule has 1 atom stereocenters. The topological polar surface area (TPSA) is 46.5 Å². The van der Waals surface area contributed by atoms with Gasteiger partial charge in [0.05, 0.1) is 6.10 Å². The molecule has 0 bridgehead atoms. The summed E-state index contributed by atoms with van der Waals surface area (Å²) in [5, 5.41) is 9.41. The van der Waals surface area contributed by atoms with Crippen LogP contribution in [0, 0.1) is 0 Å². The summed E-state index contributed by atoms with van der Waals surface area (Å²) in [6, 6.07) is 6.85. The molecule has 0 aliphatic carbocycles. The SMILES string of the molecule is CCC(O)C(=O)c1ccc(OC(C)C)cc1. The summed E-state index contributed by atoms with van der Waals surface area (Å²) in [6.07, 6.45) is -0.358. The molecule has 3 heteroatoms. The Morgan fingerprint density at radius 1 is 1.31 bits per heavy atom. The Hall–Kier alpha value is -1.35. The molecule has 0 saturated heterocycles. The zero-order chi connectivity index (χ0) is 12.1. The second-order valence-corrected chi connectivity index (χ2v) is 3.98. The van der Waals surface area contributed by atoms with Crippen molar-refractivity contribution < 1.29 is 14.6 Å². The maximum absolute atomic E-state index is 11.6. The van der Waals surface area contributed by atoms with E-state index in [1.807, 2.05) is 13.8 Å². The molecule has 0 saturated carbocycles. The first-order valence-electron chi connectivity index (χ1n) is 5.53. The van der Waals surface area contributed by atoms with Crippen LogP contribution in [0.2, 0.25) is 0 Å². The van der Waals surface area contributed by atoms with Gasteiger partial charge in [-0.3, -0.25) is 4.79 Å². The van der Waals surface area contributed by atoms with Gasteiger partial charge in [0.2, 0.25) is 0 Å². The number of ketones is 1. The summed E-state index contributed by atoms with van der Waals surface area (Å²) in [6.45, 7) is 5.67. The van der Waals surface area contributed by atoms with E-state index in [-0.39, 0.29) is 11.9 Å². The average Bonchev–Trinajstić information content (AvgIpc) is 2.27. The van der Waals surface area contributed by atoms with Crippen LogP contribution in [0.4, 0.5) is 0 Å². The molecule has 0 aromatic heterocycles. The lowest BCUT2D eigenvalue weighted by Gasteiger charge is -2.10. The Morgan fingerprint density at radius 3 is 2.31 bits per heavy atom. The van der Waals surface area contributed by atoms with Crippen LogP contribution in [0.15, 0.2) is 24.3 Å². The largest absolute Gasteiger partial charge is 0.491 e. The molecule has 1 aromatic rings. The van der Waals surface area contributed by atoms with Gasteiger partial charge in [0.25, 0.3) is 0 Å². The Balaban J connectivity index is 2.74. The van der Waals surface area contributed by atoms with E-state index >= 15 is 0 Å². The third-order valence-electron chi connectivity index (χ3n) is 2.20. The first-order chi connectivity index (χ1) is 7.54. The number of aliphatic hydroxyl groups excluding tert-OH is 1. The number of carbonyl (C=O) groups is 1. The van der Waals surface area contributed by atoms with Gasteiger partial charge in [-0.05, 0) is 44.5 Å². The van der Waals surface area contributed by atoms with Crippen molar-refractivity contribution in [1.82, 2.24) is 0 Å². The summed E-state index contributed by atoms with van der Waals surface area (Å²) in [5.41, 5.74) is 0.519. The van der Waals surface area contributed by atoms with E-state index in [0.717, 1.165) is 5.75 Å². The molecule has 1 aromatic carbocycles. The number of aliphatic hydroxyl groups is 1. The third kappa shape index (κ3) is 3.35.